The molecule has 0 unspecified atom stereocenters. The summed E-state index contributed by atoms with van der Waals surface area (Å²) in [4.78, 5) is 28.6. The van der Waals surface area contributed by atoms with Crippen molar-refractivity contribution in [2.24, 2.45) is 0 Å². The Morgan fingerprint density at radius 2 is 1.48 bits per heavy atom. The van der Waals surface area contributed by atoms with Crippen molar-refractivity contribution in [1.29, 1.82) is 0 Å². The van der Waals surface area contributed by atoms with E-state index in [1.807, 2.05) is 74.5 Å². The molecular weight excluding hydrogens is 455 g/mol. The molecule has 0 aliphatic rings. The van der Waals surface area contributed by atoms with Gasteiger partial charge in [-0.3, -0.25) is 9.59 Å². The zero-order chi connectivity index (χ0) is 23.8. The summed E-state index contributed by atoms with van der Waals surface area (Å²) in [6.45, 7) is 4.14. The Balaban J connectivity index is 1.96. The summed E-state index contributed by atoms with van der Waals surface area (Å²) in [7, 11) is 0. The van der Waals surface area contributed by atoms with E-state index in [1.54, 1.807) is 23.1 Å². The molecule has 3 aromatic rings. The zero-order valence-corrected chi connectivity index (χ0v) is 20.3. The monoisotopic (exact) mass is 482 g/mol. The van der Waals surface area contributed by atoms with Gasteiger partial charge in [-0.2, -0.15) is 0 Å². The molecule has 0 aliphatic heterocycles. The standard InChI is InChI=1S/C27H28Cl2N2O2/c1-19(2)30-27(33)25(15-20-9-5-3-6-10-20)31(18-21-11-7-4-8-12-21)26(32)16-22-13-14-23(28)17-24(22)29/h3-14,17,19,25H,15-16,18H2,1-2H3,(H,30,33)/t25-/m0/s1. The number of nitrogens with one attached hydrogen (secondary N) is 1. The van der Waals surface area contributed by atoms with Crippen molar-refractivity contribution in [3.63, 3.8) is 0 Å². The van der Waals surface area contributed by atoms with Crippen LogP contribution in [0.1, 0.15) is 30.5 Å². The average Bonchev–Trinajstić information content (AvgIpc) is 2.79. The minimum Gasteiger partial charge on any atom is -0.352 e. The van der Waals surface area contributed by atoms with Crippen LogP contribution in [-0.2, 0) is 29.0 Å². The van der Waals surface area contributed by atoms with Crippen molar-refractivity contribution < 1.29 is 9.59 Å². The maximum atomic E-state index is 13.6. The normalized spacial score (nSPS) is 11.8. The first-order valence-electron chi connectivity index (χ1n) is 10.9. The summed E-state index contributed by atoms with van der Waals surface area (Å²) >= 11 is 12.4. The predicted molar refractivity (Wildman–Crippen MR) is 134 cm³/mol. The predicted octanol–water partition coefficient (Wildman–Crippen LogP) is 5.70. The Bertz CT molecular complexity index is 1070. The fraction of sp³-hybridized carbons (Fsp3) is 0.259. The largest absolute Gasteiger partial charge is 0.352 e. The number of rotatable bonds is 9. The lowest BCUT2D eigenvalue weighted by Crippen LogP contribution is -2.52. The van der Waals surface area contributed by atoms with Gasteiger partial charge >= 0.3 is 0 Å². The number of carbonyl (C=O) groups excluding carboxylic acids is 2. The SMILES string of the molecule is CC(C)NC(=O)[C@H](Cc1ccccc1)N(Cc1ccccc1)C(=O)Cc1ccc(Cl)cc1Cl. The van der Waals surface area contributed by atoms with Gasteiger partial charge in [0.2, 0.25) is 11.8 Å². The third-order valence-electron chi connectivity index (χ3n) is 5.25. The number of amides is 2. The Morgan fingerprint density at radius 3 is 2.06 bits per heavy atom. The average molecular weight is 483 g/mol. The summed E-state index contributed by atoms with van der Waals surface area (Å²) in [6, 6.07) is 23.8. The third kappa shape index (κ3) is 7.34. The number of benzene rings is 3. The van der Waals surface area contributed by atoms with Gasteiger partial charge in [-0.1, -0.05) is 89.9 Å². The van der Waals surface area contributed by atoms with Crippen LogP contribution < -0.4 is 5.32 Å². The van der Waals surface area contributed by atoms with E-state index in [-0.39, 0.29) is 24.3 Å². The van der Waals surface area contributed by atoms with Crippen molar-refractivity contribution in [3.05, 3.63) is 106 Å². The van der Waals surface area contributed by atoms with E-state index in [0.29, 0.717) is 28.6 Å². The molecule has 1 N–H and O–H groups in total. The molecule has 172 valence electrons. The molecule has 0 heterocycles. The fourth-order valence-electron chi connectivity index (χ4n) is 3.64. The zero-order valence-electron chi connectivity index (χ0n) is 18.8. The van der Waals surface area contributed by atoms with Gasteiger partial charge in [-0.15, -0.1) is 0 Å². The van der Waals surface area contributed by atoms with Crippen LogP contribution in [0.4, 0.5) is 0 Å². The highest BCUT2D eigenvalue weighted by atomic mass is 35.5. The second-order valence-corrected chi connectivity index (χ2v) is 9.13. The van der Waals surface area contributed by atoms with E-state index in [4.69, 9.17) is 23.2 Å². The van der Waals surface area contributed by atoms with E-state index in [2.05, 4.69) is 5.32 Å². The van der Waals surface area contributed by atoms with E-state index in [1.165, 1.54) is 0 Å². The van der Waals surface area contributed by atoms with Crippen LogP contribution in [0.5, 0.6) is 0 Å². The van der Waals surface area contributed by atoms with Crippen molar-refractivity contribution >= 4 is 35.0 Å². The molecule has 0 aliphatic carbocycles. The van der Waals surface area contributed by atoms with Gasteiger partial charge in [0.1, 0.15) is 6.04 Å². The van der Waals surface area contributed by atoms with E-state index >= 15 is 0 Å². The van der Waals surface area contributed by atoms with Gasteiger partial charge in [0, 0.05) is 29.1 Å². The maximum absolute atomic E-state index is 13.6. The summed E-state index contributed by atoms with van der Waals surface area (Å²) in [6.07, 6.45) is 0.482. The van der Waals surface area contributed by atoms with Gasteiger partial charge in [-0.25, -0.2) is 0 Å². The van der Waals surface area contributed by atoms with Crippen LogP contribution in [-0.4, -0.2) is 28.8 Å². The Morgan fingerprint density at radius 1 is 0.879 bits per heavy atom. The number of hydrogen-bond donors (Lipinski definition) is 1. The maximum Gasteiger partial charge on any atom is 0.243 e. The molecule has 0 aromatic heterocycles. The molecule has 3 aromatic carbocycles. The molecular formula is C27H28Cl2N2O2. The second-order valence-electron chi connectivity index (χ2n) is 8.29. The highest BCUT2D eigenvalue weighted by Gasteiger charge is 2.31. The fourth-order valence-corrected chi connectivity index (χ4v) is 4.12. The number of halogens is 2. The molecule has 0 saturated carbocycles. The third-order valence-corrected chi connectivity index (χ3v) is 5.84. The van der Waals surface area contributed by atoms with Crippen LogP contribution >= 0.6 is 23.2 Å². The lowest BCUT2D eigenvalue weighted by molar-refractivity contribution is -0.141. The van der Waals surface area contributed by atoms with Gasteiger partial charge in [0.25, 0.3) is 0 Å². The summed E-state index contributed by atoms with van der Waals surface area (Å²) in [5, 5.41) is 3.93. The first kappa shape index (κ1) is 24.8. The molecule has 0 radical (unpaired) electrons. The van der Waals surface area contributed by atoms with Crippen LogP contribution in [0.2, 0.25) is 10.0 Å². The van der Waals surface area contributed by atoms with Crippen LogP contribution in [0, 0.1) is 0 Å². The van der Waals surface area contributed by atoms with Gasteiger partial charge < -0.3 is 10.2 Å². The minimum absolute atomic E-state index is 0.0461. The minimum atomic E-state index is -0.673. The molecule has 0 saturated heterocycles. The molecule has 3 rings (SSSR count). The van der Waals surface area contributed by atoms with E-state index in [0.717, 1.165) is 11.1 Å². The lowest BCUT2D eigenvalue weighted by atomic mass is 10.0. The van der Waals surface area contributed by atoms with Crippen LogP contribution in [0.3, 0.4) is 0 Å². The number of hydrogen-bond acceptors (Lipinski definition) is 2. The van der Waals surface area contributed by atoms with E-state index < -0.39 is 6.04 Å². The lowest BCUT2D eigenvalue weighted by Gasteiger charge is -2.32. The summed E-state index contributed by atoms with van der Waals surface area (Å²) in [5.74, 6) is -0.358. The highest BCUT2D eigenvalue weighted by molar-refractivity contribution is 6.35. The van der Waals surface area contributed by atoms with Crippen LogP contribution in [0.25, 0.3) is 0 Å². The summed E-state index contributed by atoms with van der Waals surface area (Å²) < 4.78 is 0. The van der Waals surface area contributed by atoms with Crippen LogP contribution in [0.15, 0.2) is 78.9 Å². The van der Waals surface area contributed by atoms with Gasteiger partial charge in [0.05, 0.1) is 6.42 Å². The molecule has 0 bridgehead atoms. The van der Waals surface area contributed by atoms with Crippen molar-refractivity contribution in [2.75, 3.05) is 0 Å². The Labute approximate surface area is 205 Å². The highest BCUT2D eigenvalue weighted by Crippen LogP contribution is 2.23. The second kappa shape index (κ2) is 11.9. The molecule has 6 heteroatoms. The summed E-state index contributed by atoms with van der Waals surface area (Å²) in [5.41, 5.74) is 2.60. The molecule has 0 fully saturated rings. The van der Waals surface area contributed by atoms with Gasteiger partial charge in [-0.05, 0) is 42.7 Å². The molecule has 4 nitrogen and oxygen atoms in total. The van der Waals surface area contributed by atoms with Crippen molar-refractivity contribution in [2.45, 2.75) is 45.3 Å². The molecule has 1 atom stereocenters. The number of carbonyl (C=O) groups is 2. The Hall–Kier alpha value is -2.82. The number of nitrogens with zero attached hydrogens (tertiary/aromatic N) is 1. The molecule has 0 spiro atoms. The topological polar surface area (TPSA) is 49.4 Å². The molecule has 2 amide bonds. The first-order valence-corrected chi connectivity index (χ1v) is 11.7. The van der Waals surface area contributed by atoms with E-state index in [9.17, 15) is 9.59 Å². The smallest absolute Gasteiger partial charge is 0.243 e. The molecule has 33 heavy (non-hydrogen) atoms. The quantitative estimate of drug-likeness (QED) is 0.425. The first-order chi connectivity index (χ1) is 15.8. The van der Waals surface area contributed by atoms with Crippen molar-refractivity contribution in [3.8, 4) is 0 Å². The van der Waals surface area contributed by atoms with Crippen molar-refractivity contribution in [1.82, 2.24) is 10.2 Å². The Kier molecular flexibility index (Phi) is 8.93. The van der Waals surface area contributed by atoms with Gasteiger partial charge in [0.15, 0.2) is 0 Å².